The number of amides is 1. The number of hydrogen-bond donors (Lipinski definition) is 9. The Balaban J connectivity index is 1.61. The van der Waals surface area contributed by atoms with Crippen LogP contribution in [0.15, 0.2) is 60.8 Å². The maximum Gasteiger partial charge on any atom is 0.220 e. The van der Waals surface area contributed by atoms with Crippen molar-refractivity contribution in [1.29, 1.82) is 0 Å². The van der Waals surface area contributed by atoms with Crippen molar-refractivity contribution in [2.24, 2.45) is 0 Å². The third-order valence-corrected chi connectivity index (χ3v) is 20.7. The van der Waals surface area contributed by atoms with Gasteiger partial charge in [-0.2, -0.15) is 0 Å². The Hall–Kier alpha value is -2.31. The molecule has 2 saturated heterocycles. The number of rotatable bonds is 72. The molecule has 12 atom stereocenters. The van der Waals surface area contributed by atoms with Gasteiger partial charge in [-0.3, -0.25) is 4.79 Å². The number of nitrogens with one attached hydrogen (secondary N) is 1. The van der Waals surface area contributed by atoms with Gasteiger partial charge in [0.1, 0.15) is 48.8 Å². The summed E-state index contributed by atoms with van der Waals surface area (Å²) in [6, 6.07) is -0.935. The molecule has 0 bridgehead atoms. The molecule has 2 heterocycles. The Kier molecular flexibility index (Phi) is 65.4. The van der Waals surface area contributed by atoms with Crippen molar-refractivity contribution in [3.05, 3.63) is 60.8 Å². The number of ether oxygens (including phenoxy) is 4. The van der Waals surface area contributed by atoms with Crippen LogP contribution in [0.2, 0.25) is 0 Å². The lowest BCUT2D eigenvalue weighted by atomic mass is 9.97. The van der Waals surface area contributed by atoms with Gasteiger partial charge in [0.2, 0.25) is 5.91 Å². The summed E-state index contributed by atoms with van der Waals surface area (Å²) in [5.41, 5.74) is 0. The van der Waals surface area contributed by atoms with E-state index in [1.165, 1.54) is 308 Å². The summed E-state index contributed by atoms with van der Waals surface area (Å²) < 4.78 is 22.9. The molecule has 9 N–H and O–H groups in total. The van der Waals surface area contributed by atoms with E-state index in [4.69, 9.17) is 18.9 Å². The summed E-state index contributed by atoms with van der Waals surface area (Å²) in [7, 11) is 0. The molecular weight excluding hydrogens is 1250 g/mol. The first-order valence-electron chi connectivity index (χ1n) is 42.5. The zero-order valence-corrected chi connectivity index (χ0v) is 64.5. The molecule has 1 amide bonds. The number of carbonyl (C=O) groups is 1. The Morgan fingerprint density at radius 3 is 1.05 bits per heavy atom. The van der Waals surface area contributed by atoms with Crippen molar-refractivity contribution in [2.75, 3.05) is 19.8 Å². The summed E-state index contributed by atoms with van der Waals surface area (Å²) in [4.78, 5) is 13.4. The Labute approximate surface area is 613 Å². The fourth-order valence-corrected chi connectivity index (χ4v) is 14.0. The fourth-order valence-electron chi connectivity index (χ4n) is 14.0. The first kappa shape index (κ1) is 93.8. The van der Waals surface area contributed by atoms with Crippen molar-refractivity contribution in [1.82, 2.24) is 5.32 Å². The predicted molar refractivity (Wildman–Crippen MR) is 415 cm³/mol. The van der Waals surface area contributed by atoms with E-state index in [0.717, 1.165) is 44.9 Å². The highest BCUT2D eigenvalue weighted by Crippen LogP contribution is 2.30. The van der Waals surface area contributed by atoms with Crippen LogP contribution in [0, 0.1) is 0 Å². The predicted octanol–water partition coefficient (Wildman–Crippen LogP) is 19.9. The third kappa shape index (κ3) is 51.8. The molecule has 0 spiro atoms. The van der Waals surface area contributed by atoms with Crippen LogP contribution in [0.4, 0.5) is 0 Å². The smallest absolute Gasteiger partial charge is 0.220 e. The van der Waals surface area contributed by atoms with E-state index in [0.29, 0.717) is 12.8 Å². The van der Waals surface area contributed by atoms with Gasteiger partial charge in [-0.1, -0.05) is 370 Å². The van der Waals surface area contributed by atoms with Gasteiger partial charge in [0.15, 0.2) is 12.6 Å². The minimum atomic E-state index is -1.79. The second kappa shape index (κ2) is 69.7. The highest BCUT2D eigenvalue weighted by Gasteiger charge is 2.51. The number of unbranched alkanes of at least 4 members (excludes halogenated alkanes) is 51. The normalized spacial score (nSPS) is 22.1. The second-order valence-electron chi connectivity index (χ2n) is 30.0. The summed E-state index contributed by atoms with van der Waals surface area (Å²) in [6.45, 7) is 2.83. The summed E-state index contributed by atoms with van der Waals surface area (Å²) in [6.07, 6.45) is 78.9. The molecule has 2 fully saturated rings. The maximum atomic E-state index is 13.4. The molecule has 0 aliphatic carbocycles. The van der Waals surface area contributed by atoms with Crippen LogP contribution < -0.4 is 5.32 Å². The highest BCUT2D eigenvalue weighted by atomic mass is 16.7. The van der Waals surface area contributed by atoms with E-state index in [1.54, 1.807) is 6.08 Å². The van der Waals surface area contributed by atoms with E-state index >= 15 is 0 Å². The van der Waals surface area contributed by atoms with E-state index in [1.807, 2.05) is 6.08 Å². The van der Waals surface area contributed by atoms with Gasteiger partial charge in [-0.25, -0.2) is 0 Å². The molecule has 586 valence electrons. The molecule has 2 aliphatic rings. The van der Waals surface area contributed by atoms with Crippen LogP contribution in [0.25, 0.3) is 0 Å². The number of aliphatic hydroxyl groups excluding tert-OH is 8. The fraction of sp³-hybridized carbons (Fsp3) is 0.872. The summed E-state index contributed by atoms with van der Waals surface area (Å²) in [5.74, 6) is -0.243. The van der Waals surface area contributed by atoms with E-state index in [-0.39, 0.29) is 18.9 Å². The van der Waals surface area contributed by atoms with Crippen LogP contribution in [0.3, 0.4) is 0 Å². The summed E-state index contributed by atoms with van der Waals surface area (Å²) in [5, 5.41) is 87.7. The number of hydrogen-bond acceptors (Lipinski definition) is 13. The van der Waals surface area contributed by atoms with Crippen molar-refractivity contribution in [2.45, 2.75) is 460 Å². The van der Waals surface area contributed by atoms with E-state index < -0.39 is 86.8 Å². The zero-order chi connectivity index (χ0) is 72.2. The van der Waals surface area contributed by atoms with Gasteiger partial charge in [0.25, 0.3) is 0 Å². The molecule has 0 aromatic heterocycles. The lowest BCUT2D eigenvalue weighted by molar-refractivity contribution is -0.359. The van der Waals surface area contributed by atoms with Gasteiger partial charge >= 0.3 is 0 Å². The first-order valence-corrected chi connectivity index (χ1v) is 42.5. The van der Waals surface area contributed by atoms with Crippen molar-refractivity contribution in [3.63, 3.8) is 0 Å². The van der Waals surface area contributed by atoms with Crippen LogP contribution in [0.5, 0.6) is 0 Å². The summed E-state index contributed by atoms with van der Waals surface area (Å²) >= 11 is 0. The minimum absolute atomic E-state index is 0.243. The molecule has 0 radical (unpaired) electrons. The monoisotopic (exact) mass is 1410 g/mol. The Morgan fingerprint density at radius 1 is 0.360 bits per heavy atom. The number of carbonyl (C=O) groups excluding carboxylic acids is 1. The maximum absolute atomic E-state index is 13.4. The molecule has 0 aromatic carbocycles. The zero-order valence-electron chi connectivity index (χ0n) is 64.5. The molecule has 2 rings (SSSR count). The van der Waals surface area contributed by atoms with E-state index in [9.17, 15) is 45.6 Å². The lowest BCUT2D eigenvalue weighted by Gasteiger charge is -2.46. The van der Waals surface area contributed by atoms with E-state index in [2.05, 4.69) is 67.8 Å². The van der Waals surface area contributed by atoms with Gasteiger partial charge in [-0.15, -0.1) is 0 Å². The van der Waals surface area contributed by atoms with Gasteiger partial charge in [-0.05, 0) is 70.6 Å². The minimum Gasteiger partial charge on any atom is -0.394 e. The SMILES string of the molecule is CCCCCCC/C=C\C/C=C\C/C=C\CCCCCCCCCCCCCCCCCCCCC(=O)NC(COC1OC(CO)C(OC2OC(CO)C(O)C(O)C2O)C(O)C1O)C(O)/C=C/CC/C=C/CCCCCCCCCCCCCCCCCCCCCCCCCCCCC. The number of aliphatic hydroxyl groups is 8. The van der Waals surface area contributed by atoms with Crippen LogP contribution in [-0.4, -0.2) is 140 Å². The Bertz CT molecular complexity index is 1910. The van der Waals surface area contributed by atoms with Crippen LogP contribution in [-0.2, 0) is 23.7 Å². The van der Waals surface area contributed by atoms with Crippen molar-refractivity contribution >= 4 is 5.91 Å². The quantitative estimate of drug-likeness (QED) is 0.0204. The topological polar surface area (TPSA) is 228 Å². The molecule has 14 heteroatoms. The molecule has 2 aliphatic heterocycles. The molecule has 100 heavy (non-hydrogen) atoms. The Morgan fingerprint density at radius 2 is 0.670 bits per heavy atom. The van der Waals surface area contributed by atoms with Gasteiger partial charge in [0, 0.05) is 6.42 Å². The average molecular weight is 1420 g/mol. The lowest BCUT2D eigenvalue weighted by Crippen LogP contribution is -2.65. The van der Waals surface area contributed by atoms with Gasteiger partial charge < -0.3 is 65.1 Å². The first-order chi connectivity index (χ1) is 49.1. The third-order valence-electron chi connectivity index (χ3n) is 20.7. The standard InChI is InChI=1S/C86H159NO13/c1-3-5-7-9-11-13-15-17-19-21-23-25-27-29-31-33-35-37-39-41-43-45-47-49-51-53-55-57-59-61-63-65-67-69-75(90)74(73-97-85-83(96)81(94)84(77(72-89)99-85)100-86-82(95)80(93)79(92)76(71-88)98-86)87-78(91)70-68-66-64-62-60-58-56-54-52-50-48-46-44-42-40-38-36-34-32-30-28-26-24-22-20-18-16-14-12-10-8-6-4-2/h16,18,22,24,28,30,59,61,67,69,74-77,79-86,88-90,92-96H,3-15,17,19-21,23,25-27,29,31-58,60,62-66,68,70-73H2,1-2H3,(H,87,91)/b18-16-,24-22-,30-28-,61-59+,69-67+. The average Bonchev–Trinajstić information content (AvgIpc) is 0.791. The molecule has 0 saturated carbocycles. The second-order valence-corrected chi connectivity index (χ2v) is 30.0. The van der Waals surface area contributed by atoms with Crippen molar-refractivity contribution in [3.8, 4) is 0 Å². The van der Waals surface area contributed by atoms with Gasteiger partial charge in [0.05, 0.1) is 32.0 Å². The molecule has 14 nitrogen and oxygen atoms in total. The van der Waals surface area contributed by atoms with Crippen LogP contribution in [0.1, 0.15) is 386 Å². The highest BCUT2D eigenvalue weighted by molar-refractivity contribution is 5.76. The van der Waals surface area contributed by atoms with Crippen LogP contribution >= 0.6 is 0 Å². The molecule has 12 unspecified atom stereocenters. The molecule has 0 aromatic rings. The molecular formula is C86H159NO13. The van der Waals surface area contributed by atoms with Crippen molar-refractivity contribution < 1.29 is 64.6 Å². The largest absolute Gasteiger partial charge is 0.394 e. The number of allylic oxidation sites excluding steroid dienone is 9.